The summed E-state index contributed by atoms with van der Waals surface area (Å²) < 4.78 is 11.3. The number of hydrogen-bond acceptors (Lipinski definition) is 5. The summed E-state index contributed by atoms with van der Waals surface area (Å²) in [6.45, 7) is 3.77. The highest BCUT2D eigenvalue weighted by Gasteiger charge is 2.28. The summed E-state index contributed by atoms with van der Waals surface area (Å²) in [6.07, 6.45) is 3.57. The molecule has 21 heavy (non-hydrogen) atoms. The van der Waals surface area contributed by atoms with E-state index >= 15 is 0 Å². The monoisotopic (exact) mass is 285 g/mol. The van der Waals surface area contributed by atoms with Gasteiger partial charge in [-0.05, 0) is 37.3 Å². The molecule has 1 saturated carbocycles. The first-order valence-electron chi connectivity index (χ1n) is 7.65. The van der Waals surface area contributed by atoms with E-state index in [-0.39, 0.29) is 0 Å². The van der Waals surface area contributed by atoms with Crippen LogP contribution in [0.15, 0.2) is 22.7 Å². The van der Waals surface area contributed by atoms with Gasteiger partial charge < -0.3 is 14.6 Å². The molecule has 0 saturated heterocycles. The summed E-state index contributed by atoms with van der Waals surface area (Å²) in [5.41, 5.74) is 1.87. The zero-order valence-electron chi connectivity index (χ0n) is 12.1. The first kappa shape index (κ1) is 12.7. The lowest BCUT2D eigenvalue weighted by Crippen LogP contribution is -2.18. The molecule has 110 valence electrons. The second-order valence-electron chi connectivity index (χ2n) is 6.03. The Morgan fingerprint density at radius 1 is 1.29 bits per heavy atom. The highest BCUT2D eigenvalue weighted by atomic mass is 16.5. The van der Waals surface area contributed by atoms with Gasteiger partial charge in [-0.2, -0.15) is 4.98 Å². The molecule has 0 amide bonds. The van der Waals surface area contributed by atoms with Crippen LogP contribution in [0.1, 0.15) is 37.9 Å². The Morgan fingerprint density at radius 3 is 3.10 bits per heavy atom. The van der Waals surface area contributed by atoms with E-state index in [0.29, 0.717) is 18.4 Å². The van der Waals surface area contributed by atoms with Crippen molar-refractivity contribution in [1.29, 1.82) is 0 Å². The second-order valence-corrected chi connectivity index (χ2v) is 6.03. The third-order valence-corrected chi connectivity index (χ3v) is 4.41. The first-order chi connectivity index (χ1) is 10.3. The van der Waals surface area contributed by atoms with Crippen LogP contribution in [0, 0.1) is 5.92 Å². The lowest BCUT2D eigenvalue weighted by molar-refractivity contribution is 0.322. The van der Waals surface area contributed by atoms with Crippen LogP contribution in [0.5, 0.6) is 5.75 Å². The van der Waals surface area contributed by atoms with Crippen LogP contribution in [0.4, 0.5) is 5.69 Å². The van der Waals surface area contributed by atoms with Crippen molar-refractivity contribution < 1.29 is 9.26 Å². The summed E-state index contributed by atoms with van der Waals surface area (Å²) >= 11 is 0. The van der Waals surface area contributed by atoms with E-state index in [2.05, 4.69) is 22.4 Å². The average molecular weight is 285 g/mol. The molecule has 2 aromatic rings. The quantitative estimate of drug-likeness (QED) is 0.915. The number of benzene rings is 1. The molecule has 4 rings (SSSR count). The standard InChI is InChI=1S/C16H19N3O2/c1-10-5-6-11(9-10)15-18-16(21-19-15)12-3-2-4-13-14(12)20-8-7-17-13/h2-4,10-11,17H,5-9H2,1H3. The van der Waals surface area contributed by atoms with Crippen LogP contribution in [0.25, 0.3) is 11.5 Å². The van der Waals surface area contributed by atoms with E-state index < -0.39 is 0 Å². The third kappa shape index (κ3) is 2.26. The third-order valence-electron chi connectivity index (χ3n) is 4.41. The molecular weight excluding hydrogens is 266 g/mol. The van der Waals surface area contributed by atoms with Crippen molar-refractivity contribution in [2.45, 2.75) is 32.1 Å². The van der Waals surface area contributed by atoms with Gasteiger partial charge in [0.1, 0.15) is 6.61 Å². The fourth-order valence-corrected chi connectivity index (χ4v) is 3.29. The van der Waals surface area contributed by atoms with Gasteiger partial charge in [0.05, 0.1) is 11.3 Å². The number of ether oxygens (including phenoxy) is 1. The lowest BCUT2D eigenvalue weighted by Gasteiger charge is -2.20. The van der Waals surface area contributed by atoms with Gasteiger partial charge in [0, 0.05) is 12.5 Å². The maximum absolute atomic E-state index is 5.77. The van der Waals surface area contributed by atoms with Crippen molar-refractivity contribution in [1.82, 2.24) is 10.1 Å². The van der Waals surface area contributed by atoms with Crippen LogP contribution in [-0.4, -0.2) is 23.3 Å². The average Bonchev–Trinajstić information content (AvgIpc) is 3.15. The molecule has 0 bridgehead atoms. The smallest absolute Gasteiger partial charge is 0.261 e. The van der Waals surface area contributed by atoms with Crippen molar-refractivity contribution in [3.63, 3.8) is 0 Å². The summed E-state index contributed by atoms with van der Waals surface area (Å²) in [5.74, 6) is 3.42. The maximum Gasteiger partial charge on any atom is 0.261 e. The largest absolute Gasteiger partial charge is 0.489 e. The van der Waals surface area contributed by atoms with Gasteiger partial charge in [-0.3, -0.25) is 0 Å². The van der Waals surface area contributed by atoms with Gasteiger partial charge >= 0.3 is 0 Å². The van der Waals surface area contributed by atoms with E-state index in [1.165, 1.54) is 6.42 Å². The Morgan fingerprint density at radius 2 is 2.24 bits per heavy atom. The van der Waals surface area contributed by atoms with Gasteiger partial charge in [-0.1, -0.05) is 18.1 Å². The van der Waals surface area contributed by atoms with E-state index in [1.54, 1.807) is 0 Å². The van der Waals surface area contributed by atoms with Gasteiger partial charge in [-0.25, -0.2) is 0 Å². The fraction of sp³-hybridized carbons (Fsp3) is 0.500. The molecule has 2 unspecified atom stereocenters. The highest BCUT2D eigenvalue weighted by molar-refractivity contribution is 5.74. The minimum Gasteiger partial charge on any atom is -0.489 e. The molecule has 5 heteroatoms. The van der Waals surface area contributed by atoms with Gasteiger partial charge in [0.25, 0.3) is 5.89 Å². The minimum atomic E-state index is 0.441. The molecule has 2 atom stereocenters. The maximum atomic E-state index is 5.77. The van der Waals surface area contributed by atoms with E-state index in [4.69, 9.17) is 9.26 Å². The Balaban J connectivity index is 1.67. The number of nitrogens with zero attached hydrogens (tertiary/aromatic N) is 2. The lowest BCUT2D eigenvalue weighted by atomic mass is 10.1. The first-order valence-corrected chi connectivity index (χ1v) is 7.65. The summed E-state index contributed by atoms with van der Waals surface area (Å²) in [6, 6.07) is 5.96. The summed E-state index contributed by atoms with van der Waals surface area (Å²) in [5, 5.41) is 7.52. The molecule has 2 heterocycles. The van der Waals surface area contributed by atoms with Gasteiger partial charge in [-0.15, -0.1) is 0 Å². The number of fused-ring (bicyclic) bond motifs is 1. The highest BCUT2D eigenvalue weighted by Crippen LogP contribution is 2.40. The van der Waals surface area contributed by atoms with Crippen molar-refractivity contribution in [3.05, 3.63) is 24.0 Å². The molecule has 1 aliphatic heterocycles. The summed E-state index contributed by atoms with van der Waals surface area (Å²) in [7, 11) is 0. The molecule has 0 radical (unpaired) electrons. The van der Waals surface area contributed by atoms with Crippen molar-refractivity contribution in [3.8, 4) is 17.2 Å². The number of aromatic nitrogens is 2. The number of nitrogens with one attached hydrogen (secondary N) is 1. The Bertz CT molecular complexity index is 653. The number of para-hydroxylation sites is 1. The molecule has 1 aromatic heterocycles. The molecule has 1 aliphatic carbocycles. The SMILES string of the molecule is CC1CCC(c2noc(-c3cccc4c3OCCN4)n2)C1. The van der Waals surface area contributed by atoms with Crippen molar-refractivity contribution in [2.24, 2.45) is 5.92 Å². The molecular formula is C16H19N3O2. The zero-order valence-corrected chi connectivity index (χ0v) is 12.1. The van der Waals surface area contributed by atoms with Crippen LogP contribution < -0.4 is 10.1 Å². The topological polar surface area (TPSA) is 60.2 Å². The second kappa shape index (κ2) is 5.06. The molecule has 1 aromatic carbocycles. The number of rotatable bonds is 2. The van der Waals surface area contributed by atoms with Gasteiger partial charge in [0.15, 0.2) is 11.6 Å². The molecule has 5 nitrogen and oxygen atoms in total. The minimum absolute atomic E-state index is 0.441. The Kier molecular flexibility index (Phi) is 3.05. The Hall–Kier alpha value is -2.04. The van der Waals surface area contributed by atoms with Crippen LogP contribution >= 0.6 is 0 Å². The Labute approximate surface area is 123 Å². The number of anilines is 1. The number of hydrogen-bond donors (Lipinski definition) is 1. The zero-order chi connectivity index (χ0) is 14.2. The molecule has 0 spiro atoms. The van der Waals surface area contributed by atoms with Gasteiger partial charge in [0.2, 0.25) is 0 Å². The van der Waals surface area contributed by atoms with Crippen LogP contribution in [0.3, 0.4) is 0 Å². The molecule has 1 N–H and O–H groups in total. The normalized spacial score (nSPS) is 24.2. The van der Waals surface area contributed by atoms with E-state index in [9.17, 15) is 0 Å². The van der Waals surface area contributed by atoms with E-state index in [1.807, 2.05) is 18.2 Å². The predicted octanol–water partition coefficient (Wildman–Crippen LogP) is 3.44. The predicted molar refractivity (Wildman–Crippen MR) is 79.5 cm³/mol. The van der Waals surface area contributed by atoms with Crippen LogP contribution in [-0.2, 0) is 0 Å². The molecule has 1 fully saturated rings. The van der Waals surface area contributed by atoms with Crippen molar-refractivity contribution >= 4 is 5.69 Å². The summed E-state index contributed by atoms with van der Waals surface area (Å²) in [4.78, 5) is 4.62. The molecule has 2 aliphatic rings. The van der Waals surface area contributed by atoms with E-state index in [0.717, 1.165) is 48.1 Å². The van der Waals surface area contributed by atoms with Crippen molar-refractivity contribution in [2.75, 3.05) is 18.5 Å². The van der Waals surface area contributed by atoms with Crippen LogP contribution in [0.2, 0.25) is 0 Å². The fourth-order valence-electron chi connectivity index (χ4n) is 3.29.